The number of nitrogens with one attached hydrogen (secondary N) is 2. The zero-order valence-corrected chi connectivity index (χ0v) is 18.2. The predicted octanol–water partition coefficient (Wildman–Crippen LogP) is 5.02. The Morgan fingerprint density at radius 2 is 1.77 bits per heavy atom. The number of ether oxygens (including phenoxy) is 2. The summed E-state index contributed by atoms with van der Waals surface area (Å²) in [6.45, 7) is 4.35. The smallest absolute Gasteiger partial charge is 0.338 e. The Labute approximate surface area is 185 Å². The molecular formula is C22H24ClN5O3. The Kier molecular flexibility index (Phi) is 7.15. The number of carbonyl (C=O) groups is 1. The summed E-state index contributed by atoms with van der Waals surface area (Å²) in [5.74, 6) is 1.32. The van der Waals surface area contributed by atoms with E-state index in [0.29, 0.717) is 51.6 Å². The van der Waals surface area contributed by atoms with Crippen molar-refractivity contribution in [1.82, 2.24) is 9.97 Å². The summed E-state index contributed by atoms with van der Waals surface area (Å²) in [6.07, 6.45) is 1.38. The van der Waals surface area contributed by atoms with E-state index in [-0.39, 0.29) is 11.9 Å². The second-order valence-electron chi connectivity index (χ2n) is 7.15. The molecule has 3 rings (SSSR count). The average Bonchev–Trinajstić information content (AvgIpc) is 2.75. The first-order valence-electron chi connectivity index (χ1n) is 9.62. The molecule has 0 saturated heterocycles. The zero-order chi connectivity index (χ0) is 22.4. The highest BCUT2D eigenvalue weighted by Gasteiger charge is 2.13. The van der Waals surface area contributed by atoms with Gasteiger partial charge in [-0.25, -0.2) is 14.8 Å². The van der Waals surface area contributed by atoms with Crippen molar-refractivity contribution in [1.29, 1.82) is 0 Å². The molecule has 0 fully saturated rings. The second kappa shape index (κ2) is 9.99. The highest BCUT2D eigenvalue weighted by molar-refractivity contribution is 6.31. The number of methoxy groups -OCH3 is 1. The van der Waals surface area contributed by atoms with E-state index in [4.69, 9.17) is 26.8 Å². The third-order valence-electron chi connectivity index (χ3n) is 4.23. The molecule has 0 unspecified atom stereocenters. The number of aromatic nitrogens is 2. The molecule has 1 aromatic heterocycles. The fourth-order valence-corrected chi connectivity index (χ4v) is 2.82. The zero-order valence-electron chi connectivity index (χ0n) is 17.5. The van der Waals surface area contributed by atoms with Gasteiger partial charge in [0.05, 0.1) is 25.0 Å². The lowest BCUT2D eigenvalue weighted by atomic mass is 10.2. The van der Waals surface area contributed by atoms with Crippen LogP contribution in [-0.4, -0.2) is 29.7 Å². The third kappa shape index (κ3) is 5.76. The lowest BCUT2D eigenvalue weighted by molar-refractivity contribution is 0.0459. The van der Waals surface area contributed by atoms with Crippen LogP contribution in [0.25, 0.3) is 0 Å². The average molecular weight is 442 g/mol. The number of nitrogen functional groups attached to an aromatic ring is 1. The summed E-state index contributed by atoms with van der Waals surface area (Å²) in [5, 5.41) is 6.79. The van der Waals surface area contributed by atoms with Gasteiger partial charge in [-0.05, 0) is 48.4 Å². The van der Waals surface area contributed by atoms with Crippen molar-refractivity contribution in [3.63, 3.8) is 0 Å². The molecule has 0 bridgehead atoms. The van der Waals surface area contributed by atoms with Crippen LogP contribution in [-0.2, 0) is 4.74 Å². The minimum Gasteiger partial charge on any atom is -0.495 e. The van der Waals surface area contributed by atoms with Crippen LogP contribution in [0, 0.1) is 5.92 Å². The number of carbonyl (C=O) groups excluding carboxylic acids is 1. The predicted molar refractivity (Wildman–Crippen MR) is 123 cm³/mol. The van der Waals surface area contributed by atoms with Gasteiger partial charge in [0, 0.05) is 10.7 Å². The topological polar surface area (TPSA) is 111 Å². The molecule has 0 spiro atoms. The maximum atomic E-state index is 12.1. The van der Waals surface area contributed by atoms with Crippen molar-refractivity contribution in [2.24, 2.45) is 5.92 Å². The Balaban J connectivity index is 1.75. The van der Waals surface area contributed by atoms with Crippen LogP contribution in [0.5, 0.6) is 5.75 Å². The van der Waals surface area contributed by atoms with Crippen LogP contribution in [0.2, 0.25) is 5.02 Å². The number of anilines is 5. The molecule has 8 nitrogen and oxygen atoms in total. The molecule has 2 aromatic carbocycles. The van der Waals surface area contributed by atoms with E-state index in [1.807, 2.05) is 13.8 Å². The highest BCUT2D eigenvalue weighted by atomic mass is 35.5. The van der Waals surface area contributed by atoms with Crippen molar-refractivity contribution in [3.8, 4) is 5.75 Å². The maximum Gasteiger partial charge on any atom is 0.338 e. The van der Waals surface area contributed by atoms with Crippen molar-refractivity contribution < 1.29 is 14.3 Å². The number of hydrogen-bond donors (Lipinski definition) is 3. The van der Waals surface area contributed by atoms with Crippen LogP contribution in [0.1, 0.15) is 24.2 Å². The molecule has 162 valence electrons. The number of halogens is 1. The Morgan fingerprint density at radius 3 is 2.42 bits per heavy atom. The van der Waals surface area contributed by atoms with Gasteiger partial charge in [0.15, 0.2) is 11.6 Å². The molecule has 31 heavy (non-hydrogen) atoms. The Hall–Kier alpha value is -3.52. The van der Waals surface area contributed by atoms with Gasteiger partial charge in [-0.15, -0.1) is 0 Å². The first kappa shape index (κ1) is 22.2. The largest absolute Gasteiger partial charge is 0.495 e. The van der Waals surface area contributed by atoms with Gasteiger partial charge >= 0.3 is 5.97 Å². The molecule has 0 aliphatic carbocycles. The minimum absolute atomic E-state index is 0.278. The van der Waals surface area contributed by atoms with Gasteiger partial charge in [-0.1, -0.05) is 25.4 Å². The second-order valence-corrected chi connectivity index (χ2v) is 7.59. The Bertz CT molecular complexity index is 1060. The Morgan fingerprint density at radius 1 is 1.10 bits per heavy atom. The molecule has 9 heteroatoms. The van der Waals surface area contributed by atoms with E-state index in [9.17, 15) is 4.79 Å². The molecule has 0 aliphatic heterocycles. The minimum atomic E-state index is -0.358. The van der Waals surface area contributed by atoms with E-state index in [1.165, 1.54) is 6.33 Å². The number of esters is 1. The van der Waals surface area contributed by atoms with Crippen molar-refractivity contribution in [3.05, 3.63) is 59.4 Å². The maximum absolute atomic E-state index is 12.1. The highest BCUT2D eigenvalue weighted by Crippen LogP contribution is 2.33. The van der Waals surface area contributed by atoms with Gasteiger partial charge in [-0.3, -0.25) is 0 Å². The SMILES string of the molecule is COc1ccc(Cl)cc1Nc1ncnc(Nc2ccc(C(=O)OCC(C)C)cc2)c1N. The third-order valence-corrected chi connectivity index (χ3v) is 4.46. The molecular weight excluding hydrogens is 418 g/mol. The molecule has 3 aromatic rings. The first-order chi connectivity index (χ1) is 14.9. The fraction of sp³-hybridized carbons (Fsp3) is 0.227. The number of hydrogen-bond acceptors (Lipinski definition) is 8. The van der Waals surface area contributed by atoms with Gasteiger partial charge in [0.2, 0.25) is 0 Å². The summed E-state index contributed by atoms with van der Waals surface area (Å²) in [4.78, 5) is 20.5. The molecule has 0 aliphatic rings. The molecule has 4 N–H and O–H groups in total. The molecule has 0 amide bonds. The van der Waals surface area contributed by atoms with Crippen LogP contribution >= 0.6 is 11.6 Å². The van der Waals surface area contributed by atoms with E-state index in [0.717, 1.165) is 0 Å². The molecule has 0 saturated carbocycles. The standard InChI is InChI=1S/C22H24ClN5O3/c1-13(2)11-31-22(29)14-4-7-16(8-5-14)27-20-19(24)21(26-12-25-20)28-17-10-15(23)6-9-18(17)30-3/h4-10,12-13H,11,24H2,1-3H3,(H2,25,26,27,28). The number of nitrogens with two attached hydrogens (primary N) is 1. The first-order valence-corrected chi connectivity index (χ1v) is 10.0. The lowest BCUT2D eigenvalue weighted by Gasteiger charge is -2.15. The molecule has 0 radical (unpaired) electrons. The van der Waals surface area contributed by atoms with Crippen LogP contribution in [0.15, 0.2) is 48.8 Å². The van der Waals surface area contributed by atoms with E-state index >= 15 is 0 Å². The summed E-state index contributed by atoms with van der Waals surface area (Å²) in [7, 11) is 1.56. The van der Waals surface area contributed by atoms with Crippen LogP contribution in [0.4, 0.5) is 28.7 Å². The number of nitrogens with zero attached hydrogens (tertiary/aromatic N) is 2. The van der Waals surface area contributed by atoms with Crippen molar-refractivity contribution in [2.45, 2.75) is 13.8 Å². The van der Waals surface area contributed by atoms with E-state index < -0.39 is 0 Å². The van der Waals surface area contributed by atoms with Gasteiger partial charge in [-0.2, -0.15) is 0 Å². The fourth-order valence-electron chi connectivity index (χ4n) is 2.65. The molecule has 1 heterocycles. The van der Waals surface area contributed by atoms with Gasteiger partial charge < -0.3 is 25.8 Å². The van der Waals surface area contributed by atoms with Crippen LogP contribution < -0.4 is 21.1 Å². The van der Waals surface area contributed by atoms with E-state index in [1.54, 1.807) is 49.6 Å². The monoisotopic (exact) mass is 441 g/mol. The van der Waals surface area contributed by atoms with Crippen molar-refractivity contribution in [2.75, 3.05) is 30.1 Å². The van der Waals surface area contributed by atoms with Gasteiger partial charge in [0.25, 0.3) is 0 Å². The van der Waals surface area contributed by atoms with E-state index in [2.05, 4.69) is 20.6 Å². The number of benzene rings is 2. The molecule has 0 atom stereocenters. The van der Waals surface area contributed by atoms with Crippen molar-refractivity contribution >= 4 is 46.3 Å². The normalized spacial score (nSPS) is 10.6. The summed E-state index contributed by atoms with van der Waals surface area (Å²) in [5.41, 5.74) is 8.36. The number of rotatable bonds is 8. The summed E-state index contributed by atoms with van der Waals surface area (Å²) < 4.78 is 10.6. The van der Waals surface area contributed by atoms with Gasteiger partial charge in [0.1, 0.15) is 17.8 Å². The quantitative estimate of drug-likeness (QED) is 0.418. The van der Waals surface area contributed by atoms with Crippen LogP contribution in [0.3, 0.4) is 0 Å². The summed E-state index contributed by atoms with van der Waals surface area (Å²) >= 11 is 6.08. The summed E-state index contributed by atoms with van der Waals surface area (Å²) in [6, 6.07) is 12.0. The lowest BCUT2D eigenvalue weighted by Crippen LogP contribution is -2.10.